The minimum Gasteiger partial charge on any atom is -0.444 e. The molecule has 5 heteroatoms. The topological polar surface area (TPSA) is 44.8 Å². The van der Waals surface area contributed by atoms with Gasteiger partial charge in [-0.3, -0.25) is 0 Å². The summed E-state index contributed by atoms with van der Waals surface area (Å²) in [6.07, 6.45) is 3.79. The van der Waals surface area contributed by atoms with Crippen LogP contribution in [0.5, 0.6) is 0 Å². The molecule has 1 aliphatic heterocycles. The van der Waals surface area contributed by atoms with E-state index in [1.165, 1.54) is 19.3 Å². The van der Waals surface area contributed by atoms with Crippen LogP contribution in [0.4, 0.5) is 4.79 Å². The summed E-state index contributed by atoms with van der Waals surface area (Å²) in [5.41, 5.74) is -0.433. The van der Waals surface area contributed by atoms with Gasteiger partial charge in [0.2, 0.25) is 0 Å². The minimum absolute atomic E-state index is 0.166. The van der Waals surface area contributed by atoms with Crippen LogP contribution >= 0.6 is 0 Å². The molecule has 0 aromatic rings. The quantitative estimate of drug-likeness (QED) is 0.782. The average Bonchev–Trinajstić information content (AvgIpc) is 3.13. The lowest BCUT2D eigenvalue weighted by atomic mass is 10.1. The molecule has 0 aromatic heterocycles. The van der Waals surface area contributed by atoms with Gasteiger partial charge in [-0.05, 0) is 72.9 Å². The summed E-state index contributed by atoms with van der Waals surface area (Å²) in [6.45, 7) is 15.0. The van der Waals surface area contributed by atoms with Crippen molar-refractivity contribution < 1.29 is 9.53 Å². The van der Waals surface area contributed by atoms with Crippen molar-refractivity contribution in [1.29, 1.82) is 0 Å². The molecule has 2 fully saturated rings. The van der Waals surface area contributed by atoms with Crippen molar-refractivity contribution in [3.05, 3.63) is 0 Å². The van der Waals surface area contributed by atoms with Crippen molar-refractivity contribution >= 4 is 6.09 Å². The molecule has 23 heavy (non-hydrogen) atoms. The molecule has 1 amide bonds. The lowest BCUT2D eigenvalue weighted by molar-refractivity contribution is 0.0175. The van der Waals surface area contributed by atoms with Gasteiger partial charge >= 0.3 is 6.09 Å². The molecule has 1 N–H and O–H groups in total. The maximum absolute atomic E-state index is 12.3. The number of amides is 1. The van der Waals surface area contributed by atoms with E-state index >= 15 is 0 Å². The summed E-state index contributed by atoms with van der Waals surface area (Å²) in [5.74, 6) is 0.768. The Bertz CT molecular complexity index is 388. The highest BCUT2D eigenvalue weighted by molar-refractivity contribution is 5.68. The third-order valence-electron chi connectivity index (χ3n) is 4.55. The van der Waals surface area contributed by atoms with Gasteiger partial charge in [-0.2, -0.15) is 0 Å². The predicted molar refractivity (Wildman–Crippen MR) is 93.6 cm³/mol. The third kappa shape index (κ3) is 6.68. The van der Waals surface area contributed by atoms with E-state index in [-0.39, 0.29) is 12.1 Å². The van der Waals surface area contributed by atoms with Crippen LogP contribution in [0.15, 0.2) is 0 Å². The van der Waals surface area contributed by atoms with Crippen LogP contribution in [0.3, 0.4) is 0 Å². The van der Waals surface area contributed by atoms with Crippen molar-refractivity contribution in [3.8, 4) is 0 Å². The number of ether oxygens (including phenoxy) is 1. The van der Waals surface area contributed by atoms with Gasteiger partial charge in [0.25, 0.3) is 0 Å². The summed E-state index contributed by atoms with van der Waals surface area (Å²) in [5, 5.41) is 3.63. The van der Waals surface area contributed by atoms with Gasteiger partial charge in [0.05, 0.1) is 0 Å². The molecule has 0 aromatic carbocycles. The van der Waals surface area contributed by atoms with Crippen molar-refractivity contribution in [2.24, 2.45) is 5.92 Å². The molecule has 1 aliphatic carbocycles. The van der Waals surface area contributed by atoms with Crippen LogP contribution in [-0.4, -0.2) is 66.3 Å². The fourth-order valence-corrected chi connectivity index (χ4v) is 3.03. The summed E-state index contributed by atoms with van der Waals surface area (Å²) in [7, 11) is 0. The molecule has 1 atom stereocenters. The molecule has 5 nitrogen and oxygen atoms in total. The number of carbonyl (C=O) groups is 1. The first-order chi connectivity index (χ1) is 10.7. The van der Waals surface area contributed by atoms with E-state index in [4.69, 9.17) is 4.74 Å². The van der Waals surface area contributed by atoms with Crippen molar-refractivity contribution in [3.63, 3.8) is 0 Å². The smallest absolute Gasteiger partial charge is 0.410 e. The summed E-state index contributed by atoms with van der Waals surface area (Å²) < 4.78 is 5.53. The highest BCUT2D eigenvalue weighted by Gasteiger charge is 2.28. The Balaban J connectivity index is 1.72. The molecule has 2 rings (SSSR count). The van der Waals surface area contributed by atoms with E-state index in [9.17, 15) is 4.79 Å². The molecule has 0 spiro atoms. The van der Waals surface area contributed by atoms with E-state index in [2.05, 4.69) is 24.1 Å². The standard InChI is InChI=1S/C18H35N3O2/c1-14(2)21(17(22)23-18(3,4)5)11-10-20-9-8-15(13-20)12-19-16-6-7-16/h14-16,19H,6-13H2,1-5H3. The van der Waals surface area contributed by atoms with Crippen molar-refractivity contribution in [1.82, 2.24) is 15.1 Å². The Morgan fingerprint density at radius 3 is 2.57 bits per heavy atom. The zero-order chi connectivity index (χ0) is 17.0. The van der Waals surface area contributed by atoms with E-state index in [0.29, 0.717) is 0 Å². The summed E-state index contributed by atoms with van der Waals surface area (Å²) in [6, 6.07) is 0.965. The molecule has 1 saturated carbocycles. The van der Waals surface area contributed by atoms with E-state index < -0.39 is 5.60 Å². The monoisotopic (exact) mass is 325 g/mol. The van der Waals surface area contributed by atoms with Gasteiger partial charge in [-0.1, -0.05) is 0 Å². The maximum Gasteiger partial charge on any atom is 0.410 e. The van der Waals surface area contributed by atoms with Crippen molar-refractivity contribution in [2.75, 3.05) is 32.7 Å². The zero-order valence-electron chi connectivity index (χ0n) is 15.6. The second-order valence-corrected chi connectivity index (χ2v) is 8.41. The Labute approximate surface area is 141 Å². The lowest BCUT2D eigenvalue weighted by Crippen LogP contribution is -2.44. The first kappa shape index (κ1) is 18.5. The predicted octanol–water partition coefficient (Wildman–Crippen LogP) is 2.71. The lowest BCUT2D eigenvalue weighted by Gasteiger charge is -2.31. The fraction of sp³-hybridized carbons (Fsp3) is 0.944. The average molecular weight is 325 g/mol. The molecule has 1 unspecified atom stereocenters. The second-order valence-electron chi connectivity index (χ2n) is 8.41. The molecule has 1 heterocycles. The van der Waals surface area contributed by atoms with Gasteiger partial charge in [0.15, 0.2) is 0 Å². The first-order valence-corrected chi connectivity index (χ1v) is 9.20. The molecule has 0 radical (unpaired) electrons. The molecular weight excluding hydrogens is 290 g/mol. The van der Waals surface area contributed by atoms with Crippen LogP contribution in [0.1, 0.15) is 53.9 Å². The van der Waals surface area contributed by atoms with Gasteiger partial charge in [0, 0.05) is 31.7 Å². The van der Waals surface area contributed by atoms with E-state index in [1.54, 1.807) is 0 Å². The van der Waals surface area contributed by atoms with Crippen molar-refractivity contribution in [2.45, 2.75) is 71.6 Å². The van der Waals surface area contributed by atoms with Gasteiger partial charge in [0.1, 0.15) is 5.60 Å². The number of nitrogens with zero attached hydrogens (tertiary/aromatic N) is 2. The highest BCUT2D eigenvalue weighted by atomic mass is 16.6. The number of likely N-dealkylation sites (tertiary alicyclic amines) is 1. The second kappa shape index (κ2) is 7.84. The number of hydrogen-bond acceptors (Lipinski definition) is 4. The van der Waals surface area contributed by atoms with Gasteiger partial charge in [-0.15, -0.1) is 0 Å². The summed E-state index contributed by atoms with van der Waals surface area (Å²) >= 11 is 0. The fourth-order valence-electron chi connectivity index (χ4n) is 3.03. The SMILES string of the molecule is CC(C)N(CCN1CCC(CNC2CC2)C1)C(=O)OC(C)(C)C. The number of carbonyl (C=O) groups excluding carboxylic acids is 1. The van der Waals surface area contributed by atoms with Gasteiger partial charge in [-0.25, -0.2) is 4.79 Å². The molecule has 0 bridgehead atoms. The molecule has 2 aliphatic rings. The highest BCUT2D eigenvalue weighted by Crippen LogP contribution is 2.21. The number of nitrogens with one attached hydrogen (secondary N) is 1. The molecule has 134 valence electrons. The first-order valence-electron chi connectivity index (χ1n) is 9.20. The third-order valence-corrected chi connectivity index (χ3v) is 4.55. The Morgan fingerprint density at radius 1 is 1.30 bits per heavy atom. The normalized spacial score (nSPS) is 22.6. The van der Waals surface area contributed by atoms with E-state index in [0.717, 1.165) is 44.7 Å². The van der Waals surface area contributed by atoms with Crippen LogP contribution < -0.4 is 5.32 Å². The largest absolute Gasteiger partial charge is 0.444 e. The number of rotatable bonds is 7. The number of hydrogen-bond donors (Lipinski definition) is 1. The molecular formula is C18H35N3O2. The Hall–Kier alpha value is -0.810. The minimum atomic E-state index is -0.433. The van der Waals surface area contributed by atoms with Crippen LogP contribution in [0, 0.1) is 5.92 Å². The maximum atomic E-state index is 12.3. The summed E-state index contributed by atoms with van der Waals surface area (Å²) in [4.78, 5) is 16.7. The van der Waals surface area contributed by atoms with Crippen LogP contribution in [0.2, 0.25) is 0 Å². The van der Waals surface area contributed by atoms with Gasteiger partial charge < -0.3 is 19.9 Å². The molecule has 1 saturated heterocycles. The van der Waals surface area contributed by atoms with Crippen LogP contribution in [0.25, 0.3) is 0 Å². The van der Waals surface area contributed by atoms with E-state index in [1.807, 2.05) is 25.7 Å². The van der Waals surface area contributed by atoms with Crippen LogP contribution in [-0.2, 0) is 4.74 Å². The zero-order valence-corrected chi connectivity index (χ0v) is 15.6. The Kier molecular flexibility index (Phi) is 6.32. The Morgan fingerprint density at radius 2 is 2.00 bits per heavy atom.